The molecule has 0 aromatic heterocycles. The Kier molecular flexibility index (Phi) is 6.38. The largest absolute Gasteiger partial charge is 0.368 e. The zero-order valence-electron chi connectivity index (χ0n) is 11.1. The third kappa shape index (κ3) is 3.82. The van der Waals surface area contributed by atoms with E-state index in [1.807, 2.05) is 6.92 Å². The average molecular weight is 244 g/mol. The van der Waals surface area contributed by atoms with Crippen molar-refractivity contribution in [2.75, 3.05) is 6.61 Å². The van der Waals surface area contributed by atoms with E-state index in [9.17, 15) is 5.11 Å². The topological polar surface area (TPSA) is 29.5 Å². The zero-order chi connectivity index (χ0) is 13.4. The van der Waals surface area contributed by atoms with Gasteiger partial charge in [0.15, 0.2) is 6.29 Å². The highest BCUT2D eigenvalue weighted by atomic mass is 16.6. The predicted octanol–water partition coefficient (Wildman–Crippen LogP) is 2.03. The average Bonchev–Trinajstić information content (AvgIpc) is 2.79. The van der Waals surface area contributed by atoms with Crippen LogP contribution in [0.25, 0.3) is 0 Å². The Morgan fingerprint density at radius 2 is 2.06 bits per heavy atom. The summed E-state index contributed by atoms with van der Waals surface area (Å²) < 4.78 is 5.40. The molecular weight excluding hydrogens is 224 g/mol. The highest BCUT2D eigenvalue weighted by Gasteiger charge is 2.39. The van der Waals surface area contributed by atoms with Crippen molar-refractivity contribution in [1.82, 2.24) is 0 Å². The maximum absolute atomic E-state index is 10.1. The fourth-order valence-corrected chi connectivity index (χ4v) is 2.33. The van der Waals surface area contributed by atoms with E-state index in [0.717, 1.165) is 19.3 Å². The molecule has 1 saturated carbocycles. The van der Waals surface area contributed by atoms with E-state index in [0.29, 0.717) is 6.61 Å². The van der Waals surface area contributed by atoms with Crippen molar-refractivity contribution in [3.05, 3.63) is 0 Å². The van der Waals surface area contributed by atoms with Crippen LogP contribution in [-0.4, -0.2) is 18.0 Å². The highest BCUT2D eigenvalue weighted by molar-refractivity contribution is 5.27. The summed E-state index contributed by atoms with van der Waals surface area (Å²) in [6.45, 7) is 4.31. The number of aliphatic hydroxyl groups is 1. The Hall–Kier alpha value is -1.40. The first kappa shape index (κ1) is 14.7. The van der Waals surface area contributed by atoms with E-state index >= 15 is 0 Å². The molecule has 96 valence electrons. The molecule has 0 spiro atoms. The van der Waals surface area contributed by atoms with E-state index in [2.05, 4.69) is 29.6 Å². The van der Waals surface area contributed by atoms with Crippen molar-refractivity contribution < 1.29 is 9.84 Å². The van der Waals surface area contributed by atoms with Gasteiger partial charge in [0.25, 0.3) is 0 Å². The number of aliphatic hydroxyl groups excluding tert-OH is 1. The van der Waals surface area contributed by atoms with Gasteiger partial charge >= 0.3 is 0 Å². The molecule has 18 heavy (non-hydrogen) atoms. The SMILES string of the molecule is C#C[C@H]1CC[C@@H](C#CC#CC)C1C(O)OCCC. The molecule has 1 N–H and O–H groups in total. The van der Waals surface area contributed by atoms with Crippen LogP contribution in [0.2, 0.25) is 0 Å². The van der Waals surface area contributed by atoms with Crippen LogP contribution in [0, 0.1) is 53.8 Å². The van der Waals surface area contributed by atoms with Gasteiger partial charge in [-0.3, -0.25) is 0 Å². The number of hydrogen-bond donors (Lipinski definition) is 1. The lowest BCUT2D eigenvalue weighted by atomic mass is 9.89. The van der Waals surface area contributed by atoms with E-state index in [1.165, 1.54) is 0 Å². The maximum atomic E-state index is 10.1. The minimum Gasteiger partial charge on any atom is -0.368 e. The van der Waals surface area contributed by atoms with E-state index in [4.69, 9.17) is 11.2 Å². The maximum Gasteiger partial charge on any atom is 0.159 e. The minimum absolute atomic E-state index is 0.0470. The van der Waals surface area contributed by atoms with E-state index < -0.39 is 6.29 Å². The fraction of sp³-hybridized carbons (Fsp3) is 0.625. The van der Waals surface area contributed by atoms with Gasteiger partial charge in [0.2, 0.25) is 0 Å². The zero-order valence-corrected chi connectivity index (χ0v) is 11.1. The van der Waals surface area contributed by atoms with Crippen molar-refractivity contribution in [3.63, 3.8) is 0 Å². The standard InChI is InChI=1S/C16H20O2/c1-4-7-8-9-14-11-10-13(6-3)15(14)16(17)18-12-5-2/h3,13-17H,5,10-12H2,1-2H3/t13-,14+,15?,16?/m0/s1. The molecule has 2 heteroatoms. The van der Waals surface area contributed by atoms with Crippen LogP contribution in [0.1, 0.15) is 33.1 Å². The molecular formula is C16H20O2. The molecule has 2 nitrogen and oxygen atoms in total. The first-order chi connectivity index (χ1) is 8.74. The van der Waals surface area contributed by atoms with Crippen molar-refractivity contribution in [1.29, 1.82) is 0 Å². The van der Waals surface area contributed by atoms with Crippen LogP contribution in [0.4, 0.5) is 0 Å². The Morgan fingerprint density at radius 1 is 1.33 bits per heavy atom. The molecule has 0 saturated heterocycles. The molecule has 1 fully saturated rings. The molecule has 0 radical (unpaired) electrons. The van der Waals surface area contributed by atoms with Gasteiger partial charge < -0.3 is 9.84 Å². The molecule has 0 aromatic rings. The molecule has 2 unspecified atom stereocenters. The second-order valence-corrected chi connectivity index (χ2v) is 4.44. The van der Waals surface area contributed by atoms with Gasteiger partial charge in [-0.05, 0) is 38.0 Å². The summed E-state index contributed by atoms with van der Waals surface area (Å²) >= 11 is 0. The molecule has 4 atom stereocenters. The Bertz CT molecular complexity index is 410. The number of rotatable bonds is 4. The van der Waals surface area contributed by atoms with Crippen LogP contribution in [0.15, 0.2) is 0 Å². The molecule has 0 bridgehead atoms. The summed E-state index contributed by atoms with van der Waals surface area (Å²) in [5.74, 6) is 14.2. The van der Waals surface area contributed by atoms with Crippen molar-refractivity contribution in [2.24, 2.45) is 17.8 Å². The quantitative estimate of drug-likeness (QED) is 0.605. The molecule has 1 aliphatic carbocycles. The fourth-order valence-electron chi connectivity index (χ4n) is 2.33. The van der Waals surface area contributed by atoms with Crippen LogP contribution in [0.3, 0.4) is 0 Å². The number of ether oxygens (including phenoxy) is 1. The summed E-state index contributed by atoms with van der Waals surface area (Å²) in [6.07, 6.45) is 7.38. The first-order valence-corrected chi connectivity index (χ1v) is 6.42. The summed E-state index contributed by atoms with van der Waals surface area (Å²) in [6, 6.07) is 0. The molecule has 0 aliphatic heterocycles. The first-order valence-electron chi connectivity index (χ1n) is 6.42. The van der Waals surface area contributed by atoms with Gasteiger partial charge in [0.05, 0.1) is 0 Å². The monoisotopic (exact) mass is 244 g/mol. The van der Waals surface area contributed by atoms with Crippen molar-refractivity contribution in [3.8, 4) is 36.0 Å². The van der Waals surface area contributed by atoms with Gasteiger partial charge in [0, 0.05) is 24.4 Å². The summed E-state index contributed by atoms with van der Waals surface area (Å²) in [4.78, 5) is 0. The second kappa shape index (κ2) is 7.84. The lowest BCUT2D eigenvalue weighted by Gasteiger charge is -2.24. The van der Waals surface area contributed by atoms with Gasteiger partial charge in [-0.15, -0.1) is 12.3 Å². The third-order valence-electron chi connectivity index (χ3n) is 3.20. The molecule has 1 aliphatic rings. The summed E-state index contributed by atoms with van der Waals surface area (Å²) in [7, 11) is 0. The Labute approximate surface area is 110 Å². The number of hydrogen-bond acceptors (Lipinski definition) is 2. The molecule has 0 amide bonds. The normalized spacial score (nSPS) is 27.3. The van der Waals surface area contributed by atoms with Gasteiger partial charge in [0.1, 0.15) is 0 Å². The van der Waals surface area contributed by atoms with Crippen LogP contribution < -0.4 is 0 Å². The van der Waals surface area contributed by atoms with Crippen molar-refractivity contribution in [2.45, 2.75) is 39.4 Å². The highest BCUT2D eigenvalue weighted by Crippen LogP contribution is 2.39. The Morgan fingerprint density at radius 3 is 2.67 bits per heavy atom. The van der Waals surface area contributed by atoms with Gasteiger partial charge in [-0.1, -0.05) is 18.8 Å². The van der Waals surface area contributed by atoms with E-state index in [-0.39, 0.29) is 17.8 Å². The van der Waals surface area contributed by atoms with Crippen molar-refractivity contribution >= 4 is 0 Å². The molecule has 0 heterocycles. The smallest absolute Gasteiger partial charge is 0.159 e. The molecule has 1 rings (SSSR count). The van der Waals surface area contributed by atoms with Crippen LogP contribution in [-0.2, 0) is 4.74 Å². The Balaban J connectivity index is 2.75. The van der Waals surface area contributed by atoms with E-state index in [1.54, 1.807) is 6.92 Å². The van der Waals surface area contributed by atoms with Gasteiger partial charge in [-0.2, -0.15) is 0 Å². The lowest BCUT2D eigenvalue weighted by Crippen LogP contribution is -2.30. The second-order valence-electron chi connectivity index (χ2n) is 4.44. The predicted molar refractivity (Wildman–Crippen MR) is 72.0 cm³/mol. The molecule has 0 aromatic carbocycles. The summed E-state index contributed by atoms with van der Waals surface area (Å²) in [5.41, 5.74) is 0. The van der Waals surface area contributed by atoms with Gasteiger partial charge in [-0.25, -0.2) is 0 Å². The lowest BCUT2D eigenvalue weighted by molar-refractivity contribution is -0.143. The number of terminal acetylenes is 1. The van der Waals surface area contributed by atoms with Crippen LogP contribution >= 0.6 is 0 Å². The third-order valence-corrected chi connectivity index (χ3v) is 3.20. The summed E-state index contributed by atoms with van der Waals surface area (Å²) in [5, 5.41) is 10.1. The van der Waals surface area contributed by atoms with Crippen LogP contribution in [0.5, 0.6) is 0 Å². The minimum atomic E-state index is -0.817.